The van der Waals surface area contributed by atoms with Gasteiger partial charge in [0.1, 0.15) is 0 Å². The maximum atomic E-state index is 13.3. The van der Waals surface area contributed by atoms with Crippen LogP contribution in [0.15, 0.2) is 48.5 Å². The molecule has 1 saturated carbocycles. The molecule has 6 atom stereocenters. The van der Waals surface area contributed by atoms with Gasteiger partial charge in [-0.3, -0.25) is 9.59 Å². The largest absolute Gasteiger partial charge is 0.481 e. The maximum absolute atomic E-state index is 13.3. The van der Waals surface area contributed by atoms with Crippen LogP contribution in [0.4, 0.5) is 0 Å². The summed E-state index contributed by atoms with van der Waals surface area (Å²) in [6, 6.07) is 15.0. The van der Waals surface area contributed by atoms with E-state index < -0.39 is 17.3 Å². The van der Waals surface area contributed by atoms with Crippen LogP contribution >= 0.6 is 23.2 Å². The minimum Gasteiger partial charge on any atom is -0.481 e. The third kappa shape index (κ3) is 5.06. The van der Waals surface area contributed by atoms with Crippen molar-refractivity contribution in [3.8, 4) is 0 Å². The van der Waals surface area contributed by atoms with Crippen LogP contribution in [-0.2, 0) is 16.0 Å². The Balaban J connectivity index is 1.60. The van der Waals surface area contributed by atoms with Gasteiger partial charge in [-0.1, -0.05) is 54.4 Å². The van der Waals surface area contributed by atoms with Crippen molar-refractivity contribution in [2.45, 2.75) is 44.6 Å². The number of piperidine rings is 1. The number of halogens is 2. The lowest BCUT2D eigenvalue weighted by molar-refractivity contribution is -0.141. The summed E-state index contributed by atoms with van der Waals surface area (Å²) in [6.45, 7) is 1.82. The van der Waals surface area contributed by atoms with Crippen LogP contribution in [-0.4, -0.2) is 34.7 Å². The fourth-order valence-electron chi connectivity index (χ4n) is 5.48. The first kappa shape index (κ1) is 24.1. The average Bonchev–Trinajstić information content (AvgIpc) is 3.60. The number of rotatable bonds is 8. The van der Waals surface area contributed by atoms with E-state index in [2.05, 4.69) is 5.32 Å². The Morgan fingerprint density at radius 2 is 1.91 bits per heavy atom. The van der Waals surface area contributed by atoms with E-state index in [1.165, 1.54) is 0 Å². The minimum atomic E-state index is -0.841. The number of benzene rings is 2. The molecule has 176 valence electrons. The number of carboxylic acid groups (broad SMARTS) is 1. The summed E-state index contributed by atoms with van der Waals surface area (Å²) in [5.41, 5.74) is 1.34. The monoisotopic (exact) mass is 489 g/mol. The highest BCUT2D eigenvalue weighted by Crippen LogP contribution is 2.57. The highest BCUT2D eigenvalue weighted by atomic mass is 35.5. The van der Waals surface area contributed by atoms with Crippen molar-refractivity contribution in [1.29, 1.82) is 0 Å². The standard InChI is InChI=1S/C26H29Cl2NO4/c1-26(22-12-20(22)24(31)32)13-21(16-3-2-4-19(28)11-16)23(29-25(26)33)17(14-30)8-5-15-6-9-18(27)10-7-15/h2-4,6-7,9-11,17,20-23,30H,5,8,12-14H2,1H3,(H,29,33)(H,31,32). The van der Waals surface area contributed by atoms with Gasteiger partial charge in [0.05, 0.1) is 11.3 Å². The number of aryl methyl sites for hydroxylation is 1. The van der Waals surface area contributed by atoms with Crippen LogP contribution in [0.2, 0.25) is 10.0 Å². The predicted octanol–water partition coefficient (Wildman–Crippen LogP) is 4.93. The minimum absolute atomic E-state index is 0.0620. The number of carboxylic acids is 1. The van der Waals surface area contributed by atoms with Gasteiger partial charge in [0.25, 0.3) is 0 Å². The quantitative estimate of drug-likeness (QED) is 0.490. The summed E-state index contributed by atoms with van der Waals surface area (Å²) < 4.78 is 0. The van der Waals surface area contributed by atoms with Crippen LogP contribution in [0.3, 0.4) is 0 Å². The molecule has 1 amide bonds. The van der Waals surface area contributed by atoms with Gasteiger partial charge in [0.2, 0.25) is 5.91 Å². The van der Waals surface area contributed by atoms with E-state index in [1.807, 2.05) is 55.5 Å². The van der Waals surface area contributed by atoms with Gasteiger partial charge in [-0.25, -0.2) is 0 Å². The smallest absolute Gasteiger partial charge is 0.306 e. The van der Waals surface area contributed by atoms with Crippen molar-refractivity contribution < 1.29 is 19.8 Å². The van der Waals surface area contributed by atoms with E-state index in [9.17, 15) is 19.8 Å². The molecule has 2 aromatic carbocycles. The van der Waals surface area contributed by atoms with E-state index in [-0.39, 0.29) is 36.3 Å². The molecule has 0 spiro atoms. The summed E-state index contributed by atoms with van der Waals surface area (Å²) in [6.07, 6.45) is 2.48. The molecule has 7 heteroatoms. The molecule has 1 saturated heterocycles. The Labute approximate surface area is 204 Å². The van der Waals surface area contributed by atoms with Crippen LogP contribution in [0.1, 0.15) is 43.2 Å². The molecule has 33 heavy (non-hydrogen) atoms. The molecule has 1 heterocycles. The molecule has 6 unspecified atom stereocenters. The molecule has 1 aliphatic heterocycles. The zero-order valence-corrected chi connectivity index (χ0v) is 20.0. The highest BCUT2D eigenvalue weighted by molar-refractivity contribution is 6.30. The Morgan fingerprint density at radius 3 is 2.52 bits per heavy atom. The zero-order valence-electron chi connectivity index (χ0n) is 18.5. The topological polar surface area (TPSA) is 86.6 Å². The van der Waals surface area contributed by atoms with E-state index in [4.69, 9.17) is 23.2 Å². The van der Waals surface area contributed by atoms with Gasteiger partial charge < -0.3 is 15.5 Å². The van der Waals surface area contributed by atoms with Crippen molar-refractivity contribution in [2.24, 2.45) is 23.2 Å². The summed E-state index contributed by atoms with van der Waals surface area (Å²) in [5, 5.41) is 24.2. The number of aliphatic hydroxyl groups excluding tert-OH is 1. The second-order valence-electron chi connectivity index (χ2n) is 9.68. The summed E-state index contributed by atoms with van der Waals surface area (Å²) >= 11 is 12.3. The van der Waals surface area contributed by atoms with Gasteiger partial charge in [-0.15, -0.1) is 0 Å². The molecule has 0 bridgehead atoms. The predicted molar refractivity (Wildman–Crippen MR) is 128 cm³/mol. The molecule has 2 aliphatic rings. The van der Waals surface area contributed by atoms with Crippen molar-refractivity contribution in [3.63, 3.8) is 0 Å². The fraction of sp³-hybridized carbons (Fsp3) is 0.462. The average molecular weight is 490 g/mol. The lowest BCUT2D eigenvalue weighted by Gasteiger charge is -2.45. The number of amides is 1. The second-order valence-corrected chi connectivity index (χ2v) is 10.5. The second kappa shape index (κ2) is 9.65. The van der Waals surface area contributed by atoms with E-state index in [1.54, 1.807) is 0 Å². The number of hydrogen-bond acceptors (Lipinski definition) is 3. The van der Waals surface area contributed by atoms with E-state index >= 15 is 0 Å². The van der Waals surface area contributed by atoms with Crippen LogP contribution in [0.25, 0.3) is 0 Å². The first-order chi connectivity index (χ1) is 15.7. The number of hydrogen-bond donors (Lipinski definition) is 3. The Kier molecular flexibility index (Phi) is 7.04. The van der Waals surface area contributed by atoms with Crippen LogP contribution in [0.5, 0.6) is 0 Å². The molecule has 1 aliphatic carbocycles. The first-order valence-electron chi connectivity index (χ1n) is 11.4. The van der Waals surface area contributed by atoms with Gasteiger partial charge in [-0.05, 0) is 67.0 Å². The van der Waals surface area contributed by atoms with Crippen molar-refractivity contribution in [3.05, 3.63) is 69.7 Å². The van der Waals surface area contributed by atoms with Gasteiger partial charge in [-0.2, -0.15) is 0 Å². The third-order valence-electron chi connectivity index (χ3n) is 7.56. The molecule has 0 radical (unpaired) electrons. The number of nitrogens with one attached hydrogen (secondary N) is 1. The molecule has 2 fully saturated rings. The number of carbonyl (C=O) groups excluding carboxylic acids is 1. The number of aliphatic carboxylic acids is 1. The lowest BCUT2D eigenvalue weighted by atomic mass is 9.66. The number of aliphatic hydroxyl groups is 1. The molecular weight excluding hydrogens is 461 g/mol. The van der Waals surface area contributed by atoms with E-state index in [0.717, 1.165) is 17.5 Å². The molecule has 2 aromatic rings. The van der Waals surface area contributed by atoms with Gasteiger partial charge in [0.15, 0.2) is 0 Å². The lowest BCUT2D eigenvalue weighted by Crippen LogP contribution is -2.57. The SMILES string of the molecule is CC1(C2CC2C(=O)O)CC(c2cccc(Cl)c2)C(C(CO)CCc2ccc(Cl)cc2)NC1=O. The molecule has 5 nitrogen and oxygen atoms in total. The van der Waals surface area contributed by atoms with Crippen LogP contribution < -0.4 is 5.32 Å². The Morgan fingerprint density at radius 1 is 1.18 bits per heavy atom. The van der Waals surface area contributed by atoms with Crippen molar-refractivity contribution in [2.75, 3.05) is 6.61 Å². The molecular formula is C26H29Cl2NO4. The maximum Gasteiger partial charge on any atom is 0.306 e. The van der Waals surface area contributed by atoms with Gasteiger partial charge >= 0.3 is 5.97 Å². The molecule has 0 aromatic heterocycles. The molecule has 3 N–H and O–H groups in total. The van der Waals surface area contributed by atoms with Crippen LogP contribution in [0, 0.1) is 23.2 Å². The summed E-state index contributed by atoms with van der Waals surface area (Å²) in [7, 11) is 0. The normalized spacial score (nSPS) is 29.9. The zero-order chi connectivity index (χ0) is 23.8. The van der Waals surface area contributed by atoms with Gasteiger partial charge in [0, 0.05) is 34.5 Å². The molecule has 4 rings (SSSR count). The Bertz CT molecular complexity index is 1030. The first-order valence-corrected chi connectivity index (χ1v) is 12.1. The summed E-state index contributed by atoms with van der Waals surface area (Å²) in [4.78, 5) is 24.9. The highest BCUT2D eigenvalue weighted by Gasteiger charge is 2.60. The fourth-order valence-corrected chi connectivity index (χ4v) is 5.81. The van der Waals surface area contributed by atoms with Crippen molar-refractivity contribution in [1.82, 2.24) is 5.32 Å². The third-order valence-corrected chi connectivity index (χ3v) is 8.04. The number of carbonyl (C=O) groups is 2. The van der Waals surface area contributed by atoms with Crippen molar-refractivity contribution >= 4 is 35.1 Å². The summed E-state index contributed by atoms with van der Waals surface area (Å²) in [5.74, 6) is -1.86. The Hall–Kier alpha value is -2.08. The van der Waals surface area contributed by atoms with E-state index in [0.29, 0.717) is 29.3 Å².